The summed E-state index contributed by atoms with van der Waals surface area (Å²) in [6, 6.07) is 6.26. The normalized spacial score (nSPS) is 10.2. The molecule has 0 saturated carbocycles. The van der Waals surface area contributed by atoms with E-state index in [0.29, 0.717) is 15.1 Å². The van der Waals surface area contributed by atoms with Gasteiger partial charge in [0.25, 0.3) is 0 Å². The van der Waals surface area contributed by atoms with Crippen LogP contribution in [0.25, 0.3) is 0 Å². The molecule has 0 spiro atoms. The number of carbonyl (C=O) groups is 2. The second kappa shape index (κ2) is 8.08. The Hall–Kier alpha value is -1.92. The second-order valence-corrected chi connectivity index (χ2v) is 5.81. The SMILES string of the molecule is CCOC(=O)COc1ccc(Cl)cc1C(=O)c1cncc(Br)c1. The summed E-state index contributed by atoms with van der Waals surface area (Å²) in [4.78, 5) is 28.0. The molecule has 0 radical (unpaired) electrons. The highest BCUT2D eigenvalue weighted by atomic mass is 79.9. The van der Waals surface area contributed by atoms with E-state index in [0.717, 1.165) is 0 Å². The Morgan fingerprint density at radius 2 is 2.04 bits per heavy atom. The molecular weight excluding hydrogens is 386 g/mol. The van der Waals surface area contributed by atoms with Gasteiger partial charge in [-0.2, -0.15) is 0 Å². The Bertz CT molecular complexity index is 736. The number of ether oxygens (including phenoxy) is 2. The van der Waals surface area contributed by atoms with Gasteiger partial charge in [0.15, 0.2) is 12.4 Å². The summed E-state index contributed by atoms with van der Waals surface area (Å²) in [7, 11) is 0. The Morgan fingerprint density at radius 1 is 1.26 bits per heavy atom. The largest absolute Gasteiger partial charge is 0.481 e. The van der Waals surface area contributed by atoms with Crippen molar-refractivity contribution in [3.8, 4) is 5.75 Å². The predicted molar refractivity (Wildman–Crippen MR) is 88.9 cm³/mol. The number of nitrogens with zero attached hydrogens (tertiary/aromatic N) is 1. The lowest BCUT2D eigenvalue weighted by Crippen LogP contribution is -2.16. The number of rotatable bonds is 6. The van der Waals surface area contributed by atoms with Gasteiger partial charge < -0.3 is 9.47 Å². The minimum absolute atomic E-state index is 0.252. The second-order valence-electron chi connectivity index (χ2n) is 4.46. The van der Waals surface area contributed by atoms with Crippen LogP contribution in [0.3, 0.4) is 0 Å². The summed E-state index contributed by atoms with van der Waals surface area (Å²) < 4.78 is 10.9. The first-order valence-corrected chi connectivity index (χ1v) is 7.91. The number of hydrogen-bond donors (Lipinski definition) is 0. The highest BCUT2D eigenvalue weighted by Crippen LogP contribution is 2.26. The summed E-state index contributed by atoms with van der Waals surface area (Å²) >= 11 is 9.24. The molecular formula is C16H13BrClNO4. The van der Waals surface area contributed by atoms with Crippen LogP contribution in [-0.2, 0) is 9.53 Å². The lowest BCUT2D eigenvalue weighted by atomic mass is 10.0. The first kappa shape index (κ1) is 17.4. The molecule has 0 amide bonds. The Kier molecular flexibility index (Phi) is 6.12. The molecule has 7 heteroatoms. The number of carbonyl (C=O) groups excluding carboxylic acids is 2. The number of halogens is 2. The highest BCUT2D eigenvalue weighted by Gasteiger charge is 2.17. The minimum atomic E-state index is -0.509. The molecule has 2 rings (SSSR count). The van der Waals surface area contributed by atoms with Crippen molar-refractivity contribution in [1.29, 1.82) is 0 Å². The van der Waals surface area contributed by atoms with Crippen molar-refractivity contribution >= 4 is 39.3 Å². The summed E-state index contributed by atoms with van der Waals surface area (Å²) in [5, 5.41) is 0.389. The summed E-state index contributed by atoms with van der Waals surface area (Å²) in [5.74, 6) is -0.558. The molecule has 0 N–H and O–H groups in total. The van der Waals surface area contributed by atoms with Crippen molar-refractivity contribution in [2.75, 3.05) is 13.2 Å². The van der Waals surface area contributed by atoms with E-state index in [-0.39, 0.29) is 30.3 Å². The molecule has 1 aromatic heterocycles. The summed E-state index contributed by atoms with van der Waals surface area (Å²) in [5.41, 5.74) is 0.629. The van der Waals surface area contributed by atoms with Gasteiger partial charge in [-0.15, -0.1) is 0 Å². The number of pyridine rings is 1. The van der Waals surface area contributed by atoms with E-state index < -0.39 is 5.97 Å². The Balaban J connectivity index is 2.28. The predicted octanol–water partition coefficient (Wildman–Crippen LogP) is 3.67. The van der Waals surface area contributed by atoms with Gasteiger partial charge >= 0.3 is 5.97 Å². The molecule has 0 atom stereocenters. The fraction of sp³-hybridized carbons (Fsp3) is 0.188. The third-order valence-corrected chi connectivity index (χ3v) is 3.47. The van der Waals surface area contributed by atoms with Crippen LogP contribution < -0.4 is 4.74 Å². The topological polar surface area (TPSA) is 65.5 Å². The van der Waals surface area contributed by atoms with Crippen LogP contribution in [0.2, 0.25) is 5.02 Å². The van der Waals surface area contributed by atoms with E-state index in [1.54, 1.807) is 31.3 Å². The number of aromatic nitrogens is 1. The van der Waals surface area contributed by atoms with Crippen LogP contribution in [0.1, 0.15) is 22.8 Å². The van der Waals surface area contributed by atoms with E-state index in [9.17, 15) is 9.59 Å². The van der Waals surface area contributed by atoms with E-state index >= 15 is 0 Å². The number of esters is 1. The maximum absolute atomic E-state index is 12.6. The summed E-state index contributed by atoms with van der Waals surface area (Å²) in [6.45, 7) is 1.68. The van der Waals surface area contributed by atoms with Gasteiger partial charge in [-0.25, -0.2) is 4.79 Å². The molecule has 0 saturated heterocycles. The van der Waals surface area contributed by atoms with E-state index in [1.807, 2.05) is 0 Å². The average Bonchev–Trinajstić information content (AvgIpc) is 2.53. The van der Waals surface area contributed by atoms with E-state index in [2.05, 4.69) is 20.9 Å². The standard InChI is InChI=1S/C16H13BrClNO4/c1-2-22-15(20)9-23-14-4-3-12(18)6-13(14)16(21)10-5-11(17)8-19-7-10/h3-8H,2,9H2,1H3. The van der Waals surface area contributed by atoms with E-state index in [4.69, 9.17) is 21.1 Å². The lowest BCUT2D eigenvalue weighted by Gasteiger charge is -2.11. The molecule has 1 aromatic carbocycles. The van der Waals surface area contributed by atoms with Gasteiger partial charge in [-0.05, 0) is 47.1 Å². The third-order valence-electron chi connectivity index (χ3n) is 2.80. The van der Waals surface area contributed by atoms with Gasteiger partial charge in [-0.3, -0.25) is 9.78 Å². The number of benzene rings is 1. The number of ketones is 1. The molecule has 1 heterocycles. The van der Waals surface area contributed by atoms with Gasteiger partial charge in [0, 0.05) is 27.5 Å². The van der Waals surface area contributed by atoms with Gasteiger partial charge in [0.1, 0.15) is 5.75 Å². The fourth-order valence-corrected chi connectivity index (χ4v) is 2.37. The molecule has 0 fully saturated rings. The minimum Gasteiger partial charge on any atom is -0.481 e. The Morgan fingerprint density at radius 3 is 2.74 bits per heavy atom. The maximum Gasteiger partial charge on any atom is 0.344 e. The van der Waals surface area contributed by atoms with Crippen molar-refractivity contribution in [3.63, 3.8) is 0 Å². The summed E-state index contributed by atoms with van der Waals surface area (Å²) in [6.07, 6.45) is 3.02. The molecule has 23 heavy (non-hydrogen) atoms. The van der Waals surface area contributed by atoms with Crippen LogP contribution in [0.5, 0.6) is 5.75 Å². The van der Waals surface area contributed by atoms with Crippen molar-refractivity contribution in [2.45, 2.75) is 6.92 Å². The average molecular weight is 399 g/mol. The first-order valence-electron chi connectivity index (χ1n) is 6.74. The molecule has 0 aliphatic rings. The zero-order valence-corrected chi connectivity index (χ0v) is 14.6. The van der Waals surface area contributed by atoms with Gasteiger partial charge in [-0.1, -0.05) is 11.6 Å². The molecule has 0 aliphatic heterocycles. The quantitative estimate of drug-likeness (QED) is 0.549. The third kappa shape index (κ3) is 4.77. The Labute approximate surface area is 146 Å². The van der Waals surface area contributed by atoms with Gasteiger partial charge in [0.2, 0.25) is 0 Å². The zero-order valence-electron chi connectivity index (χ0n) is 12.2. The van der Waals surface area contributed by atoms with Crippen LogP contribution in [-0.4, -0.2) is 30.0 Å². The molecule has 0 aliphatic carbocycles. The monoisotopic (exact) mass is 397 g/mol. The molecule has 0 unspecified atom stereocenters. The van der Waals surface area contributed by atoms with Crippen molar-refractivity contribution in [3.05, 3.63) is 57.3 Å². The maximum atomic E-state index is 12.6. The van der Waals surface area contributed by atoms with Gasteiger partial charge in [0.05, 0.1) is 12.2 Å². The highest BCUT2D eigenvalue weighted by molar-refractivity contribution is 9.10. The van der Waals surface area contributed by atoms with Crippen LogP contribution in [0.4, 0.5) is 0 Å². The molecule has 2 aromatic rings. The molecule has 5 nitrogen and oxygen atoms in total. The zero-order chi connectivity index (χ0) is 16.8. The van der Waals surface area contributed by atoms with Crippen molar-refractivity contribution in [2.24, 2.45) is 0 Å². The van der Waals surface area contributed by atoms with Crippen LogP contribution in [0.15, 0.2) is 41.1 Å². The van der Waals surface area contributed by atoms with E-state index in [1.165, 1.54) is 12.3 Å². The van der Waals surface area contributed by atoms with Crippen LogP contribution >= 0.6 is 27.5 Å². The molecule has 120 valence electrons. The number of hydrogen-bond acceptors (Lipinski definition) is 5. The van der Waals surface area contributed by atoms with Crippen LogP contribution in [0, 0.1) is 0 Å². The first-order chi connectivity index (χ1) is 11.0. The molecule has 0 bridgehead atoms. The van der Waals surface area contributed by atoms with Crippen molar-refractivity contribution in [1.82, 2.24) is 4.98 Å². The fourth-order valence-electron chi connectivity index (χ4n) is 1.84. The van der Waals surface area contributed by atoms with Crippen molar-refractivity contribution < 1.29 is 19.1 Å². The smallest absolute Gasteiger partial charge is 0.344 e. The lowest BCUT2D eigenvalue weighted by molar-refractivity contribution is -0.145.